The van der Waals surface area contributed by atoms with Gasteiger partial charge < -0.3 is 9.84 Å². The zero-order chi connectivity index (χ0) is 18.7. The van der Waals surface area contributed by atoms with E-state index in [1.807, 2.05) is 30.3 Å². The van der Waals surface area contributed by atoms with Crippen molar-refractivity contribution in [3.8, 4) is 0 Å². The molecule has 0 saturated carbocycles. The summed E-state index contributed by atoms with van der Waals surface area (Å²) in [6.07, 6.45) is -1.15. The molecule has 5 atom stereocenters. The largest absolute Gasteiger partial charge is 0.367 e. The van der Waals surface area contributed by atoms with Gasteiger partial charge >= 0.3 is 0 Å². The molecule has 2 aromatic carbocycles. The first-order valence-corrected chi connectivity index (χ1v) is 8.90. The molecule has 1 fully saturated rings. The molecule has 0 unspecified atom stereocenters. The van der Waals surface area contributed by atoms with E-state index in [1.165, 1.54) is 0 Å². The van der Waals surface area contributed by atoms with Gasteiger partial charge in [0.25, 0.3) is 0 Å². The van der Waals surface area contributed by atoms with Crippen LogP contribution in [-0.2, 0) is 4.74 Å². The predicted octanol–water partition coefficient (Wildman–Crippen LogP) is 3.14. The zero-order valence-corrected chi connectivity index (χ0v) is 15.0. The van der Waals surface area contributed by atoms with Crippen LogP contribution in [0.4, 0.5) is 0 Å². The number of aliphatic hydroxyl groups is 1. The van der Waals surface area contributed by atoms with Gasteiger partial charge in [0.1, 0.15) is 6.04 Å². The SMILES string of the molecule is CCO[C@H](O)[C@@H]1N[C@H](c2ccc(Cl)cc2)[C@H]([N+](=O)[O-])[C@@H]1c1ccccc1. The second kappa shape index (κ2) is 8.14. The van der Waals surface area contributed by atoms with Crippen molar-refractivity contribution in [2.24, 2.45) is 0 Å². The van der Waals surface area contributed by atoms with Crippen LogP contribution >= 0.6 is 11.6 Å². The molecule has 6 nitrogen and oxygen atoms in total. The van der Waals surface area contributed by atoms with Crippen LogP contribution in [0.25, 0.3) is 0 Å². The lowest BCUT2D eigenvalue weighted by Crippen LogP contribution is -2.41. The third kappa shape index (κ3) is 3.73. The van der Waals surface area contributed by atoms with Crippen molar-refractivity contribution in [2.45, 2.75) is 37.3 Å². The van der Waals surface area contributed by atoms with Crippen LogP contribution in [0.5, 0.6) is 0 Å². The van der Waals surface area contributed by atoms with Crippen molar-refractivity contribution >= 4 is 11.6 Å². The van der Waals surface area contributed by atoms with Crippen molar-refractivity contribution in [1.29, 1.82) is 0 Å². The van der Waals surface area contributed by atoms with E-state index < -0.39 is 30.3 Å². The van der Waals surface area contributed by atoms with Gasteiger partial charge in [-0.3, -0.25) is 15.4 Å². The molecule has 1 saturated heterocycles. The standard InChI is InChI=1S/C19H21ClN2O4/c1-2-26-19(23)17-15(12-6-4-3-5-7-12)18(22(24)25)16(21-17)13-8-10-14(20)11-9-13/h3-11,15-19,21,23H,2H2,1H3/t15-,16-,17-,18-,19+/m1/s1. The fourth-order valence-corrected chi connectivity index (χ4v) is 3.79. The Labute approximate surface area is 156 Å². The van der Waals surface area contributed by atoms with E-state index in [4.69, 9.17) is 16.3 Å². The average Bonchev–Trinajstić information content (AvgIpc) is 3.04. The van der Waals surface area contributed by atoms with Crippen LogP contribution in [-0.4, -0.2) is 35.0 Å². The molecular weight excluding hydrogens is 356 g/mol. The third-order valence-corrected chi connectivity index (χ3v) is 5.02. The first-order chi connectivity index (χ1) is 12.5. The summed E-state index contributed by atoms with van der Waals surface area (Å²) < 4.78 is 5.36. The Balaban J connectivity index is 2.04. The Morgan fingerprint density at radius 3 is 2.42 bits per heavy atom. The molecule has 2 aromatic rings. The van der Waals surface area contributed by atoms with Crippen molar-refractivity contribution in [2.75, 3.05) is 6.61 Å². The number of rotatable bonds is 6. The molecule has 2 N–H and O–H groups in total. The molecule has 1 aliphatic rings. The van der Waals surface area contributed by atoms with Crippen molar-refractivity contribution in [3.63, 3.8) is 0 Å². The number of nitro groups is 1. The fourth-order valence-electron chi connectivity index (χ4n) is 3.66. The highest BCUT2D eigenvalue weighted by atomic mass is 35.5. The van der Waals surface area contributed by atoms with Gasteiger partial charge in [0, 0.05) is 16.6 Å². The highest BCUT2D eigenvalue weighted by Gasteiger charge is 2.54. The van der Waals surface area contributed by atoms with E-state index in [2.05, 4.69) is 5.32 Å². The summed E-state index contributed by atoms with van der Waals surface area (Å²) in [5, 5.41) is 26.2. The monoisotopic (exact) mass is 376 g/mol. The summed E-state index contributed by atoms with van der Waals surface area (Å²) in [5.41, 5.74) is 1.55. The molecule has 0 aliphatic carbocycles. The molecule has 0 amide bonds. The molecule has 3 rings (SSSR count). The van der Waals surface area contributed by atoms with Crippen LogP contribution in [0, 0.1) is 10.1 Å². The Morgan fingerprint density at radius 1 is 1.19 bits per heavy atom. The fraction of sp³-hybridized carbons (Fsp3) is 0.368. The van der Waals surface area contributed by atoms with Crippen molar-refractivity contribution in [3.05, 3.63) is 80.9 Å². The average molecular weight is 377 g/mol. The van der Waals surface area contributed by atoms with E-state index in [0.29, 0.717) is 11.6 Å². The summed E-state index contributed by atoms with van der Waals surface area (Å²) in [6.45, 7) is 2.09. The summed E-state index contributed by atoms with van der Waals surface area (Å²) in [5.74, 6) is -0.534. The van der Waals surface area contributed by atoms with E-state index in [0.717, 1.165) is 11.1 Å². The lowest BCUT2D eigenvalue weighted by atomic mass is 9.85. The second-order valence-electron chi connectivity index (χ2n) is 6.28. The number of nitrogens with zero attached hydrogens (tertiary/aromatic N) is 1. The third-order valence-electron chi connectivity index (χ3n) is 4.77. The van der Waals surface area contributed by atoms with Crippen LogP contribution in [0.15, 0.2) is 54.6 Å². The first kappa shape index (κ1) is 18.8. The van der Waals surface area contributed by atoms with Crippen LogP contribution < -0.4 is 5.32 Å². The molecular formula is C19H21ClN2O4. The number of hydrogen-bond acceptors (Lipinski definition) is 5. The Hall–Kier alpha value is -1.99. The van der Waals surface area contributed by atoms with Gasteiger partial charge in [-0.1, -0.05) is 54.1 Å². The number of aliphatic hydroxyl groups excluding tert-OH is 1. The minimum atomic E-state index is -1.15. The van der Waals surface area contributed by atoms with Gasteiger partial charge in [0.2, 0.25) is 6.04 Å². The van der Waals surface area contributed by atoms with Gasteiger partial charge in [-0.25, -0.2) is 0 Å². The minimum absolute atomic E-state index is 0.275. The maximum atomic E-state index is 12.0. The Kier molecular flexibility index (Phi) is 5.88. The molecule has 1 heterocycles. The zero-order valence-electron chi connectivity index (χ0n) is 14.3. The maximum absolute atomic E-state index is 12.0. The number of benzene rings is 2. The lowest BCUT2D eigenvalue weighted by Gasteiger charge is -2.24. The van der Waals surface area contributed by atoms with Crippen LogP contribution in [0.3, 0.4) is 0 Å². The van der Waals surface area contributed by atoms with Crippen LogP contribution in [0.1, 0.15) is 30.0 Å². The van der Waals surface area contributed by atoms with Gasteiger partial charge in [-0.05, 0) is 30.2 Å². The van der Waals surface area contributed by atoms with E-state index in [-0.39, 0.29) is 4.92 Å². The van der Waals surface area contributed by atoms with E-state index in [9.17, 15) is 15.2 Å². The lowest BCUT2D eigenvalue weighted by molar-refractivity contribution is -0.527. The topological polar surface area (TPSA) is 84.6 Å². The van der Waals surface area contributed by atoms with E-state index in [1.54, 1.807) is 31.2 Å². The highest BCUT2D eigenvalue weighted by molar-refractivity contribution is 6.30. The molecule has 0 aromatic heterocycles. The number of nitrogens with one attached hydrogen (secondary N) is 1. The summed E-state index contributed by atoms with van der Waals surface area (Å²) >= 11 is 5.95. The van der Waals surface area contributed by atoms with Gasteiger partial charge in [0.05, 0.1) is 12.0 Å². The number of ether oxygens (including phenoxy) is 1. The molecule has 7 heteroatoms. The molecule has 0 bridgehead atoms. The molecule has 138 valence electrons. The molecule has 1 aliphatic heterocycles. The summed E-state index contributed by atoms with van der Waals surface area (Å²) in [6, 6.07) is 14.1. The van der Waals surface area contributed by atoms with Gasteiger partial charge in [0.15, 0.2) is 6.29 Å². The quantitative estimate of drug-likeness (QED) is 0.459. The molecule has 26 heavy (non-hydrogen) atoms. The second-order valence-corrected chi connectivity index (χ2v) is 6.72. The number of hydrogen-bond donors (Lipinski definition) is 2. The summed E-state index contributed by atoms with van der Waals surface area (Å²) in [7, 11) is 0. The first-order valence-electron chi connectivity index (χ1n) is 8.52. The van der Waals surface area contributed by atoms with Gasteiger partial charge in [-0.15, -0.1) is 0 Å². The maximum Gasteiger partial charge on any atom is 0.240 e. The molecule has 0 radical (unpaired) electrons. The minimum Gasteiger partial charge on any atom is -0.367 e. The smallest absolute Gasteiger partial charge is 0.240 e. The summed E-state index contributed by atoms with van der Waals surface area (Å²) in [4.78, 5) is 11.7. The predicted molar refractivity (Wildman–Crippen MR) is 98.7 cm³/mol. The normalized spacial score (nSPS) is 26.6. The van der Waals surface area contributed by atoms with Crippen LogP contribution in [0.2, 0.25) is 5.02 Å². The van der Waals surface area contributed by atoms with Gasteiger partial charge in [-0.2, -0.15) is 0 Å². The molecule has 0 spiro atoms. The van der Waals surface area contributed by atoms with E-state index >= 15 is 0 Å². The number of halogens is 1. The highest BCUT2D eigenvalue weighted by Crippen LogP contribution is 2.41. The Morgan fingerprint density at radius 2 is 1.85 bits per heavy atom. The van der Waals surface area contributed by atoms with Crippen molar-refractivity contribution < 1.29 is 14.8 Å². The van der Waals surface area contributed by atoms with Crippen molar-refractivity contribution in [1.82, 2.24) is 5.32 Å². The Bertz CT molecular complexity index is 741.